The molecule has 0 fully saturated rings. The van der Waals surface area contributed by atoms with E-state index in [1.54, 1.807) is 24.4 Å². The highest BCUT2D eigenvalue weighted by molar-refractivity contribution is 6.31. The zero-order chi connectivity index (χ0) is 23.5. The number of rotatable bonds is 13. The fourth-order valence-electron chi connectivity index (χ4n) is 3.00. The molecular formula is C24H26ClN3O5. The molecule has 1 N–H and O–H groups in total. The molecule has 0 aliphatic heterocycles. The number of aromatic nitrogens is 1. The lowest BCUT2D eigenvalue weighted by Crippen LogP contribution is -2.17. The normalized spacial score (nSPS) is 10.6. The third-order valence-electron chi connectivity index (χ3n) is 4.66. The number of ether oxygens (including phenoxy) is 3. The van der Waals surface area contributed by atoms with Crippen molar-refractivity contribution in [3.05, 3.63) is 87.1 Å². The molecule has 0 atom stereocenters. The molecule has 2 aromatic carbocycles. The Bertz CT molecular complexity index is 1030. The lowest BCUT2D eigenvalue weighted by atomic mass is 10.2. The van der Waals surface area contributed by atoms with Gasteiger partial charge in [-0.15, -0.1) is 0 Å². The van der Waals surface area contributed by atoms with Gasteiger partial charge in [0.2, 0.25) is 5.88 Å². The van der Waals surface area contributed by atoms with Gasteiger partial charge in [-0.2, -0.15) is 0 Å². The average molecular weight is 472 g/mol. The summed E-state index contributed by atoms with van der Waals surface area (Å²) in [5.41, 5.74) is 1.74. The van der Waals surface area contributed by atoms with Gasteiger partial charge in [0.1, 0.15) is 6.61 Å². The van der Waals surface area contributed by atoms with Gasteiger partial charge in [-0.05, 0) is 55.3 Å². The fourth-order valence-corrected chi connectivity index (χ4v) is 3.22. The first kappa shape index (κ1) is 24.3. The van der Waals surface area contributed by atoms with Crippen molar-refractivity contribution in [1.82, 2.24) is 10.3 Å². The number of halogens is 1. The zero-order valence-corrected chi connectivity index (χ0v) is 19.1. The van der Waals surface area contributed by atoms with Crippen LogP contribution in [0.25, 0.3) is 0 Å². The Morgan fingerprint density at radius 3 is 2.55 bits per heavy atom. The van der Waals surface area contributed by atoms with Crippen LogP contribution >= 0.6 is 11.6 Å². The van der Waals surface area contributed by atoms with Gasteiger partial charge >= 0.3 is 0 Å². The predicted molar refractivity (Wildman–Crippen MR) is 126 cm³/mol. The Kier molecular flexibility index (Phi) is 9.29. The van der Waals surface area contributed by atoms with Crippen molar-refractivity contribution >= 4 is 17.3 Å². The van der Waals surface area contributed by atoms with Crippen LogP contribution in [0, 0.1) is 10.1 Å². The van der Waals surface area contributed by atoms with Gasteiger partial charge in [0, 0.05) is 42.0 Å². The molecule has 8 nitrogen and oxygen atoms in total. The van der Waals surface area contributed by atoms with Gasteiger partial charge in [-0.1, -0.05) is 17.7 Å². The predicted octanol–water partition coefficient (Wildman–Crippen LogP) is 5.18. The van der Waals surface area contributed by atoms with Gasteiger partial charge in [0.15, 0.2) is 11.5 Å². The second kappa shape index (κ2) is 12.6. The van der Waals surface area contributed by atoms with E-state index in [9.17, 15) is 10.1 Å². The highest BCUT2D eigenvalue weighted by atomic mass is 35.5. The molecule has 1 heterocycles. The largest absolute Gasteiger partial charge is 0.490 e. The lowest BCUT2D eigenvalue weighted by molar-refractivity contribution is -0.384. The van der Waals surface area contributed by atoms with E-state index in [0.717, 1.165) is 24.1 Å². The van der Waals surface area contributed by atoms with Crippen molar-refractivity contribution in [2.24, 2.45) is 0 Å². The maximum atomic E-state index is 10.8. The summed E-state index contributed by atoms with van der Waals surface area (Å²) in [4.78, 5) is 14.5. The molecule has 0 spiro atoms. The van der Waals surface area contributed by atoms with Crippen molar-refractivity contribution < 1.29 is 19.1 Å². The van der Waals surface area contributed by atoms with E-state index in [1.807, 2.05) is 31.2 Å². The van der Waals surface area contributed by atoms with Crippen molar-refractivity contribution in [3.8, 4) is 17.4 Å². The summed E-state index contributed by atoms with van der Waals surface area (Å²) in [6.07, 6.45) is 2.52. The Morgan fingerprint density at radius 1 is 1.06 bits per heavy atom. The van der Waals surface area contributed by atoms with Gasteiger partial charge in [0.25, 0.3) is 5.69 Å². The molecule has 9 heteroatoms. The monoisotopic (exact) mass is 471 g/mol. The van der Waals surface area contributed by atoms with Crippen LogP contribution in [0.1, 0.15) is 24.5 Å². The number of non-ortho nitro benzene ring substituents is 1. The third-order valence-corrected chi connectivity index (χ3v) is 5.01. The van der Waals surface area contributed by atoms with E-state index in [-0.39, 0.29) is 12.3 Å². The van der Waals surface area contributed by atoms with Gasteiger partial charge in [0.05, 0.1) is 18.1 Å². The van der Waals surface area contributed by atoms with E-state index in [0.29, 0.717) is 42.2 Å². The summed E-state index contributed by atoms with van der Waals surface area (Å²) in [5, 5.41) is 14.7. The van der Waals surface area contributed by atoms with Crippen molar-refractivity contribution in [2.45, 2.75) is 26.5 Å². The van der Waals surface area contributed by atoms with Crippen LogP contribution in [0.3, 0.4) is 0 Å². The Morgan fingerprint density at radius 2 is 1.85 bits per heavy atom. The first-order valence-electron chi connectivity index (χ1n) is 10.6. The number of nitrogens with zero attached hydrogens (tertiary/aromatic N) is 2. The van der Waals surface area contributed by atoms with Crippen LogP contribution in [0.2, 0.25) is 5.02 Å². The molecular weight excluding hydrogens is 446 g/mol. The zero-order valence-electron chi connectivity index (χ0n) is 18.3. The van der Waals surface area contributed by atoms with E-state index in [2.05, 4.69) is 10.3 Å². The molecule has 0 saturated heterocycles. The van der Waals surface area contributed by atoms with Crippen molar-refractivity contribution in [3.63, 3.8) is 0 Å². The molecule has 3 aromatic rings. The molecule has 3 rings (SSSR count). The number of hydrogen-bond acceptors (Lipinski definition) is 7. The van der Waals surface area contributed by atoms with Crippen LogP contribution in [-0.4, -0.2) is 29.7 Å². The molecule has 33 heavy (non-hydrogen) atoms. The molecule has 0 aliphatic rings. The second-order valence-corrected chi connectivity index (χ2v) is 7.49. The summed E-state index contributed by atoms with van der Waals surface area (Å²) in [7, 11) is 0. The minimum atomic E-state index is -0.433. The third kappa shape index (κ3) is 7.62. The standard InChI is InChI=1S/C24H26ClN3O5/c1-2-31-22-14-19(16-26-11-5-13-32-24-6-3-4-12-27-24)21(25)15-23(22)33-17-18-7-9-20(10-8-18)28(29)30/h3-4,6-10,12,14-15,26H,2,5,11,13,16-17H2,1H3. The van der Waals surface area contributed by atoms with Gasteiger partial charge in [-0.3, -0.25) is 10.1 Å². The molecule has 0 amide bonds. The Balaban J connectivity index is 1.52. The number of nitrogens with one attached hydrogen (secondary N) is 1. The van der Waals surface area contributed by atoms with Crippen molar-refractivity contribution in [2.75, 3.05) is 19.8 Å². The minimum absolute atomic E-state index is 0.0388. The SMILES string of the molecule is CCOc1cc(CNCCCOc2ccccn2)c(Cl)cc1OCc1ccc([N+](=O)[O-])cc1. The van der Waals surface area contributed by atoms with Crippen LogP contribution in [0.15, 0.2) is 60.8 Å². The summed E-state index contributed by atoms with van der Waals surface area (Å²) in [6, 6.07) is 15.4. The number of pyridine rings is 1. The number of benzene rings is 2. The number of hydrogen-bond donors (Lipinski definition) is 1. The molecule has 0 unspecified atom stereocenters. The van der Waals surface area contributed by atoms with Gasteiger partial charge in [-0.25, -0.2) is 4.98 Å². The highest BCUT2D eigenvalue weighted by Gasteiger charge is 2.12. The minimum Gasteiger partial charge on any atom is -0.490 e. The molecule has 1 aromatic heterocycles. The highest BCUT2D eigenvalue weighted by Crippen LogP contribution is 2.34. The first-order chi connectivity index (χ1) is 16.1. The van der Waals surface area contributed by atoms with E-state index in [1.165, 1.54) is 12.1 Å². The number of nitro groups is 1. The summed E-state index contributed by atoms with van der Waals surface area (Å²) in [5.74, 6) is 1.73. The van der Waals surface area contributed by atoms with Crippen LogP contribution in [0.4, 0.5) is 5.69 Å². The van der Waals surface area contributed by atoms with Gasteiger partial charge < -0.3 is 19.5 Å². The van der Waals surface area contributed by atoms with Crippen molar-refractivity contribution in [1.29, 1.82) is 0 Å². The Hall–Kier alpha value is -3.36. The summed E-state index contributed by atoms with van der Waals surface area (Å²) >= 11 is 6.48. The molecule has 0 saturated carbocycles. The molecule has 0 bridgehead atoms. The molecule has 174 valence electrons. The summed E-state index contributed by atoms with van der Waals surface area (Å²) < 4.78 is 17.2. The fraction of sp³-hybridized carbons (Fsp3) is 0.292. The molecule has 0 radical (unpaired) electrons. The smallest absolute Gasteiger partial charge is 0.269 e. The van der Waals surface area contributed by atoms with E-state index in [4.69, 9.17) is 25.8 Å². The van der Waals surface area contributed by atoms with E-state index >= 15 is 0 Å². The van der Waals surface area contributed by atoms with E-state index < -0.39 is 4.92 Å². The number of nitro benzene ring substituents is 1. The van der Waals surface area contributed by atoms with Crippen LogP contribution in [-0.2, 0) is 13.2 Å². The Labute approximate surface area is 197 Å². The first-order valence-corrected chi connectivity index (χ1v) is 11.0. The quantitative estimate of drug-likeness (QED) is 0.208. The maximum Gasteiger partial charge on any atom is 0.269 e. The lowest BCUT2D eigenvalue weighted by Gasteiger charge is -2.15. The van der Waals surface area contributed by atoms with Crippen LogP contribution < -0.4 is 19.5 Å². The molecule has 0 aliphatic carbocycles. The maximum absolute atomic E-state index is 10.8. The summed E-state index contributed by atoms with van der Waals surface area (Å²) in [6.45, 7) is 4.51. The average Bonchev–Trinajstić information content (AvgIpc) is 2.83. The van der Waals surface area contributed by atoms with Crippen LogP contribution in [0.5, 0.6) is 17.4 Å². The second-order valence-electron chi connectivity index (χ2n) is 7.08. The topological polar surface area (TPSA) is 95.8 Å².